The van der Waals surface area contributed by atoms with Crippen molar-refractivity contribution in [1.82, 2.24) is 4.98 Å². The Hall–Kier alpha value is -2.43. The third-order valence-electron chi connectivity index (χ3n) is 4.42. The minimum Gasteiger partial charge on any atom is -0.471 e. The fraction of sp³-hybridized carbons (Fsp3) is 0.368. The molecule has 2 N–H and O–H groups in total. The van der Waals surface area contributed by atoms with Crippen molar-refractivity contribution in [1.29, 1.82) is 0 Å². The van der Waals surface area contributed by atoms with Crippen LogP contribution in [0.4, 0.5) is 4.39 Å². The number of fused-ring (bicyclic) bond motifs is 1. The van der Waals surface area contributed by atoms with Crippen molar-refractivity contribution < 1.29 is 13.9 Å². The zero-order valence-electron chi connectivity index (χ0n) is 14.1. The van der Waals surface area contributed by atoms with Crippen LogP contribution in [0.25, 0.3) is 11.1 Å². The van der Waals surface area contributed by atoms with Gasteiger partial charge in [-0.15, -0.1) is 0 Å². The lowest BCUT2D eigenvalue weighted by Gasteiger charge is -2.32. The van der Waals surface area contributed by atoms with Crippen molar-refractivity contribution in [2.24, 2.45) is 5.73 Å². The van der Waals surface area contributed by atoms with E-state index >= 15 is 0 Å². The van der Waals surface area contributed by atoms with Crippen LogP contribution in [0.15, 0.2) is 24.3 Å². The summed E-state index contributed by atoms with van der Waals surface area (Å²) < 4.78 is 20.5. The number of rotatable bonds is 3. The Kier molecular flexibility index (Phi) is 4.03. The molecule has 0 aliphatic carbocycles. The number of nitrogens with zero attached hydrogens (tertiary/aromatic N) is 1. The van der Waals surface area contributed by atoms with Crippen LogP contribution >= 0.6 is 0 Å². The summed E-state index contributed by atoms with van der Waals surface area (Å²) in [4.78, 5) is 15.9. The second kappa shape index (κ2) is 5.89. The van der Waals surface area contributed by atoms with Gasteiger partial charge in [-0.2, -0.15) is 0 Å². The molecule has 1 amide bonds. The van der Waals surface area contributed by atoms with E-state index in [9.17, 15) is 9.18 Å². The highest BCUT2D eigenvalue weighted by atomic mass is 19.1. The maximum absolute atomic E-state index is 14.6. The average Bonchev–Trinajstić information content (AvgIpc) is 2.52. The number of carbonyl (C=O) groups is 1. The first-order valence-corrected chi connectivity index (χ1v) is 8.12. The number of halogens is 1. The summed E-state index contributed by atoms with van der Waals surface area (Å²) in [6, 6.07) is 6.73. The number of amides is 1. The summed E-state index contributed by atoms with van der Waals surface area (Å²) in [6.07, 6.45) is 2.26. The highest BCUT2D eigenvalue weighted by molar-refractivity contribution is 5.93. The van der Waals surface area contributed by atoms with Crippen LogP contribution in [0.2, 0.25) is 0 Å². The molecule has 0 radical (unpaired) electrons. The van der Waals surface area contributed by atoms with E-state index in [1.807, 2.05) is 26.8 Å². The smallest absolute Gasteiger partial charge is 0.267 e. The minimum atomic E-state index is -0.656. The van der Waals surface area contributed by atoms with E-state index in [0.717, 1.165) is 24.0 Å². The molecule has 24 heavy (non-hydrogen) atoms. The van der Waals surface area contributed by atoms with E-state index in [1.54, 1.807) is 12.1 Å². The van der Waals surface area contributed by atoms with Crippen LogP contribution in [0.3, 0.4) is 0 Å². The second-order valence-corrected chi connectivity index (χ2v) is 6.73. The summed E-state index contributed by atoms with van der Waals surface area (Å²) in [6.45, 7) is 5.90. The van der Waals surface area contributed by atoms with Gasteiger partial charge in [0.1, 0.15) is 17.1 Å². The van der Waals surface area contributed by atoms with Crippen molar-refractivity contribution in [3.8, 4) is 17.0 Å². The molecular weight excluding hydrogens is 307 g/mol. The molecule has 1 aromatic carbocycles. The fourth-order valence-electron chi connectivity index (χ4n) is 2.98. The average molecular weight is 328 g/mol. The fourth-order valence-corrected chi connectivity index (χ4v) is 2.98. The molecular formula is C19H21FN2O2. The number of carbonyl (C=O) groups excluding carboxylic acids is 1. The summed E-state index contributed by atoms with van der Waals surface area (Å²) in [5.74, 6) is -0.601. The SMILES string of the molecule is CCc1ccc(-c2cc(C(N)=O)nc3c2CCC(C)(C)O3)c(F)c1. The van der Waals surface area contributed by atoms with E-state index < -0.39 is 5.91 Å². The number of primary amides is 1. The monoisotopic (exact) mass is 328 g/mol. The Morgan fingerprint density at radius 3 is 2.71 bits per heavy atom. The van der Waals surface area contributed by atoms with Crippen LogP contribution in [-0.2, 0) is 12.8 Å². The maximum Gasteiger partial charge on any atom is 0.267 e. The summed E-state index contributed by atoms with van der Waals surface area (Å²) >= 11 is 0. The maximum atomic E-state index is 14.6. The van der Waals surface area contributed by atoms with Crippen LogP contribution in [0.5, 0.6) is 5.88 Å². The van der Waals surface area contributed by atoms with Crippen LogP contribution in [0, 0.1) is 5.82 Å². The second-order valence-electron chi connectivity index (χ2n) is 6.73. The van der Waals surface area contributed by atoms with Crippen molar-refractivity contribution in [2.45, 2.75) is 45.6 Å². The third-order valence-corrected chi connectivity index (χ3v) is 4.42. The minimum absolute atomic E-state index is 0.0837. The normalized spacial score (nSPS) is 15.5. The number of nitrogens with two attached hydrogens (primary N) is 1. The van der Waals surface area contributed by atoms with Crippen LogP contribution < -0.4 is 10.5 Å². The zero-order chi connectivity index (χ0) is 17.5. The summed E-state index contributed by atoms with van der Waals surface area (Å²) in [7, 11) is 0. The zero-order valence-corrected chi connectivity index (χ0v) is 14.1. The molecule has 126 valence electrons. The van der Waals surface area contributed by atoms with Gasteiger partial charge in [-0.05, 0) is 56.4 Å². The number of aromatic nitrogens is 1. The van der Waals surface area contributed by atoms with E-state index in [-0.39, 0.29) is 17.1 Å². The van der Waals surface area contributed by atoms with Crippen molar-refractivity contribution >= 4 is 5.91 Å². The van der Waals surface area contributed by atoms with Gasteiger partial charge in [-0.3, -0.25) is 4.79 Å². The molecule has 1 aliphatic heterocycles. The highest BCUT2D eigenvalue weighted by Gasteiger charge is 2.31. The Morgan fingerprint density at radius 1 is 1.33 bits per heavy atom. The summed E-state index contributed by atoms with van der Waals surface area (Å²) in [5.41, 5.74) is 7.92. The molecule has 0 bridgehead atoms. The lowest BCUT2D eigenvalue weighted by molar-refractivity contribution is 0.0774. The topological polar surface area (TPSA) is 65.2 Å². The first-order chi connectivity index (χ1) is 11.3. The van der Waals surface area contributed by atoms with Gasteiger partial charge in [0, 0.05) is 11.1 Å². The van der Waals surface area contributed by atoms with Gasteiger partial charge in [0.2, 0.25) is 5.88 Å². The van der Waals surface area contributed by atoms with Gasteiger partial charge in [0.05, 0.1) is 0 Å². The first-order valence-electron chi connectivity index (χ1n) is 8.12. The van der Waals surface area contributed by atoms with Crippen molar-refractivity contribution in [3.63, 3.8) is 0 Å². The van der Waals surface area contributed by atoms with Crippen LogP contribution in [-0.4, -0.2) is 16.5 Å². The van der Waals surface area contributed by atoms with E-state index in [0.29, 0.717) is 23.4 Å². The molecule has 2 aromatic rings. The molecule has 3 rings (SSSR count). The number of hydrogen-bond donors (Lipinski definition) is 1. The number of benzene rings is 1. The predicted octanol–water partition coefficient (Wildman–Crippen LogP) is 3.65. The molecule has 0 saturated heterocycles. The number of hydrogen-bond acceptors (Lipinski definition) is 3. The Bertz CT molecular complexity index is 815. The molecule has 1 aromatic heterocycles. The van der Waals surface area contributed by atoms with Gasteiger partial charge in [0.15, 0.2) is 0 Å². The Labute approximate surface area is 140 Å². The molecule has 0 fully saturated rings. The molecule has 5 heteroatoms. The number of ether oxygens (including phenoxy) is 1. The quantitative estimate of drug-likeness (QED) is 0.935. The van der Waals surface area contributed by atoms with E-state index in [2.05, 4.69) is 4.98 Å². The molecule has 0 saturated carbocycles. The van der Waals surface area contributed by atoms with Gasteiger partial charge in [-0.25, -0.2) is 9.37 Å². The number of pyridine rings is 1. The van der Waals surface area contributed by atoms with Crippen molar-refractivity contribution in [2.75, 3.05) is 0 Å². The highest BCUT2D eigenvalue weighted by Crippen LogP contribution is 2.39. The molecule has 0 unspecified atom stereocenters. The molecule has 0 spiro atoms. The van der Waals surface area contributed by atoms with Gasteiger partial charge < -0.3 is 10.5 Å². The lowest BCUT2D eigenvalue weighted by Crippen LogP contribution is -2.34. The van der Waals surface area contributed by atoms with Gasteiger partial charge in [0.25, 0.3) is 5.91 Å². The van der Waals surface area contributed by atoms with Crippen LogP contribution in [0.1, 0.15) is 48.8 Å². The lowest BCUT2D eigenvalue weighted by atomic mass is 9.90. The van der Waals surface area contributed by atoms with Gasteiger partial charge in [-0.1, -0.05) is 19.1 Å². The Balaban J connectivity index is 2.20. The summed E-state index contributed by atoms with van der Waals surface area (Å²) in [5, 5.41) is 0. The van der Waals surface area contributed by atoms with Crippen molar-refractivity contribution in [3.05, 3.63) is 46.9 Å². The van der Waals surface area contributed by atoms with E-state index in [4.69, 9.17) is 10.5 Å². The molecule has 4 nitrogen and oxygen atoms in total. The van der Waals surface area contributed by atoms with E-state index in [1.165, 1.54) is 6.07 Å². The molecule has 1 aliphatic rings. The number of aryl methyl sites for hydroxylation is 1. The standard InChI is InChI=1S/C19H21FN2O2/c1-4-11-5-6-12(15(20)9-11)14-10-16(17(21)23)22-18-13(14)7-8-19(2,3)24-18/h5-6,9-10H,4,7-8H2,1-3H3,(H2,21,23). The molecule has 2 heterocycles. The third kappa shape index (κ3) is 2.98. The largest absolute Gasteiger partial charge is 0.471 e. The molecule has 0 atom stereocenters. The van der Waals surface area contributed by atoms with Gasteiger partial charge >= 0.3 is 0 Å². The first kappa shape index (κ1) is 16.4. The predicted molar refractivity (Wildman–Crippen MR) is 90.6 cm³/mol. The Morgan fingerprint density at radius 2 is 2.08 bits per heavy atom.